The highest BCUT2D eigenvalue weighted by atomic mass is 35.5. The van der Waals surface area contributed by atoms with Gasteiger partial charge in [0.2, 0.25) is 5.91 Å². The van der Waals surface area contributed by atoms with Crippen LogP contribution < -0.4 is 4.90 Å². The van der Waals surface area contributed by atoms with Gasteiger partial charge >= 0.3 is 5.97 Å². The van der Waals surface area contributed by atoms with E-state index in [9.17, 15) is 19.3 Å². The van der Waals surface area contributed by atoms with E-state index in [1.807, 2.05) is 0 Å². The Bertz CT molecular complexity index is 827. The molecule has 1 aromatic carbocycles. The highest BCUT2D eigenvalue weighted by Gasteiger charge is 2.59. The fourth-order valence-electron chi connectivity index (χ4n) is 2.71. The molecule has 9 nitrogen and oxygen atoms in total. The topological polar surface area (TPSA) is 109 Å². The van der Waals surface area contributed by atoms with Crippen molar-refractivity contribution in [1.82, 2.24) is 5.12 Å². The standard InChI is InChI=1S/C14H10Cl2N4O5/c1-2-25-14(23)10-9-11(20(17-10)18-24)13(22)19(12(9)21)6-3-4-7(15)8(16)5-6/h3-5,9,11H,2H2,1H3/t9-,11+/m0/s1. The fraction of sp³-hybridized carbons (Fsp3) is 0.286. The molecule has 2 amide bonds. The number of nitrogens with zero attached hydrogens (tertiary/aromatic N) is 4. The first-order chi connectivity index (χ1) is 11.9. The van der Waals surface area contributed by atoms with Crippen molar-refractivity contribution < 1.29 is 19.1 Å². The highest BCUT2D eigenvalue weighted by Crippen LogP contribution is 2.37. The van der Waals surface area contributed by atoms with Crippen molar-refractivity contribution in [3.05, 3.63) is 33.2 Å². The number of carbonyl (C=O) groups is 3. The summed E-state index contributed by atoms with van der Waals surface area (Å²) in [5, 5.41) is 7.15. The molecular weight excluding hydrogens is 375 g/mol. The van der Waals surface area contributed by atoms with Crippen molar-refractivity contribution in [2.75, 3.05) is 11.5 Å². The van der Waals surface area contributed by atoms with Gasteiger partial charge in [-0.05, 0) is 25.1 Å². The number of nitroso groups, excluding NO2 is 1. The number of amides is 2. The van der Waals surface area contributed by atoms with Crippen molar-refractivity contribution in [2.45, 2.75) is 13.0 Å². The minimum absolute atomic E-state index is 0.0440. The van der Waals surface area contributed by atoms with E-state index in [2.05, 4.69) is 10.4 Å². The molecule has 25 heavy (non-hydrogen) atoms. The first-order valence-electron chi connectivity index (χ1n) is 7.11. The van der Waals surface area contributed by atoms with E-state index >= 15 is 0 Å². The normalized spacial score (nSPS) is 22.1. The van der Waals surface area contributed by atoms with Crippen molar-refractivity contribution in [3.63, 3.8) is 0 Å². The maximum atomic E-state index is 12.7. The van der Waals surface area contributed by atoms with E-state index in [1.54, 1.807) is 6.92 Å². The van der Waals surface area contributed by atoms with Crippen LogP contribution in [0.2, 0.25) is 10.0 Å². The van der Waals surface area contributed by atoms with E-state index in [1.165, 1.54) is 18.2 Å². The summed E-state index contributed by atoms with van der Waals surface area (Å²) < 4.78 is 4.83. The van der Waals surface area contributed by atoms with Gasteiger partial charge in [0.05, 0.1) is 27.6 Å². The number of hydrogen-bond acceptors (Lipinski definition) is 7. The van der Waals surface area contributed by atoms with E-state index in [4.69, 9.17) is 27.9 Å². The van der Waals surface area contributed by atoms with E-state index in [0.29, 0.717) is 5.12 Å². The van der Waals surface area contributed by atoms with Crippen LogP contribution in [0.5, 0.6) is 0 Å². The molecule has 0 aromatic heterocycles. The molecule has 1 saturated heterocycles. The van der Waals surface area contributed by atoms with E-state index in [-0.39, 0.29) is 28.1 Å². The minimum Gasteiger partial charge on any atom is -0.461 e. The predicted octanol–water partition coefficient (Wildman–Crippen LogP) is 1.77. The Morgan fingerprint density at radius 1 is 1.28 bits per heavy atom. The average molecular weight is 385 g/mol. The number of rotatable bonds is 4. The average Bonchev–Trinajstić information content (AvgIpc) is 3.08. The van der Waals surface area contributed by atoms with Crippen LogP contribution in [-0.4, -0.2) is 41.3 Å². The Morgan fingerprint density at radius 3 is 2.60 bits per heavy atom. The van der Waals surface area contributed by atoms with Crippen LogP contribution in [0.15, 0.2) is 28.6 Å². The number of halogens is 2. The summed E-state index contributed by atoms with van der Waals surface area (Å²) in [6.07, 6.45) is 0. The van der Waals surface area contributed by atoms with Gasteiger partial charge in [-0.1, -0.05) is 23.2 Å². The predicted molar refractivity (Wildman–Crippen MR) is 87.9 cm³/mol. The van der Waals surface area contributed by atoms with Crippen LogP contribution in [0.1, 0.15) is 6.92 Å². The van der Waals surface area contributed by atoms with Crippen molar-refractivity contribution >= 4 is 52.4 Å². The Labute approximate surface area is 151 Å². The fourth-order valence-corrected chi connectivity index (χ4v) is 3.00. The third-order valence-corrected chi connectivity index (χ3v) is 4.50. The molecule has 0 saturated carbocycles. The lowest BCUT2D eigenvalue weighted by Gasteiger charge is -2.17. The second kappa shape index (κ2) is 6.41. The van der Waals surface area contributed by atoms with Gasteiger partial charge in [-0.15, -0.1) is 15.1 Å². The Kier molecular flexibility index (Phi) is 4.44. The molecule has 1 aromatic rings. The molecule has 11 heteroatoms. The minimum atomic E-state index is -1.33. The largest absolute Gasteiger partial charge is 0.461 e. The molecule has 0 unspecified atom stereocenters. The number of imide groups is 1. The number of fused-ring (bicyclic) bond motifs is 1. The number of esters is 1. The number of ether oxygens (including phenoxy) is 1. The number of benzene rings is 1. The lowest BCUT2D eigenvalue weighted by Crippen LogP contribution is -2.36. The molecule has 3 rings (SSSR count). The quantitative estimate of drug-likeness (QED) is 0.444. The zero-order valence-corrected chi connectivity index (χ0v) is 14.2. The van der Waals surface area contributed by atoms with Gasteiger partial charge in [0.1, 0.15) is 5.92 Å². The Balaban J connectivity index is 2.02. The SMILES string of the molecule is CCOC(=O)C1=NN(N=O)[C@H]2C(=O)N(c3ccc(Cl)c(Cl)c3)C(=O)[C@@H]12. The molecular formula is C14H10Cl2N4O5. The molecule has 0 N–H and O–H groups in total. The van der Waals surface area contributed by atoms with E-state index < -0.39 is 29.7 Å². The van der Waals surface area contributed by atoms with Crippen LogP contribution in [-0.2, 0) is 19.1 Å². The molecule has 1 fully saturated rings. The van der Waals surface area contributed by atoms with Crippen LogP contribution in [0, 0.1) is 10.8 Å². The molecule has 2 aliphatic rings. The second-order valence-electron chi connectivity index (χ2n) is 5.14. The van der Waals surface area contributed by atoms with E-state index in [0.717, 1.165) is 4.90 Å². The number of anilines is 1. The maximum absolute atomic E-state index is 12.7. The molecule has 0 aliphatic carbocycles. The molecule has 2 heterocycles. The van der Waals surface area contributed by atoms with Gasteiger partial charge in [0.25, 0.3) is 5.91 Å². The van der Waals surface area contributed by atoms with Gasteiger partial charge in [-0.3, -0.25) is 9.59 Å². The Hall–Kier alpha value is -2.52. The molecule has 130 valence electrons. The molecule has 0 spiro atoms. The summed E-state index contributed by atoms with van der Waals surface area (Å²) in [5.41, 5.74) is -0.180. The lowest BCUT2D eigenvalue weighted by molar-refractivity contribution is -0.136. The van der Waals surface area contributed by atoms with Crippen molar-refractivity contribution in [3.8, 4) is 0 Å². The monoisotopic (exact) mass is 384 g/mol. The lowest BCUT2D eigenvalue weighted by atomic mass is 9.98. The van der Waals surface area contributed by atoms with Gasteiger partial charge in [-0.2, -0.15) is 0 Å². The zero-order chi connectivity index (χ0) is 18.3. The van der Waals surface area contributed by atoms with Crippen LogP contribution in [0.25, 0.3) is 0 Å². The molecule has 2 aliphatic heterocycles. The summed E-state index contributed by atoms with van der Waals surface area (Å²) in [5.74, 6) is -3.65. The van der Waals surface area contributed by atoms with Crippen LogP contribution >= 0.6 is 23.2 Å². The Morgan fingerprint density at radius 2 is 2.00 bits per heavy atom. The second-order valence-corrected chi connectivity index (χ2v) is 5.95. The summed E-state index contributed by atoms with van der Waals surface area (Å²) in [4.78, 5) is 49.2. The zero-order valence-electron chi connectivity index (χ0n) is 12.7. The molecule has 2 atom stereocenters. The molecule has 0 radical (unpaired) electrons. The van der Waals surface area contributed by atoms with Gasteiger partial charge < -0.3 is 4.74 Å². The first kappa shape index (κ1) is 17.3. The maximum Gasteiger partial charge on any atom is 0.355 e. The third kappa shape index (κ3) is 2.65. The van der Waals surface area contributed by atoms with Gasteiger partial charge in [0, 0.05) is 0 Å². The number of hydrogen-bond donors (Lipinski definition) is 0. The number of carbonyl (C=O) groups excluding carboxylic acids is 3. The van der Waals surface area contributed by atoms with Gasteiger partial charge in [0.15, 0.2) is 11.8 Å². The summed E-state index contributed by atoms with van der Waals surface area (Å²) >= 11 is 11.8. The summed E-state index contributed by atoms with van der Waals surface area (Å²) in [6, 6.07) is 2.84. The van der Waals surface area contributed by atoms with Crippen molar-refractivity contribution in [1.29, 1.82) is 0 Å². The smallest absolute Gasteiger partial charge is 0.355 e. The molecule has 0 bridgehead atoms. The summed E-state index contributed by atoms with van der Waals surface area (Å²) in [6.45, 7) is 1.62. The summed E-state index contributed by atoms with van der Waals surface area (Å²) in [7, 11) is 0. The highest BCUT2D eigenvalue weighted by molar-refractivity contribution is 6.47. The van der Waals surface area contributed by atoms with Gasteiger partial charge in [-0.25, -0.2) is 9.69 Å². The number of hydrazone groups is 1. The van der Waals surface area contributed by atoms with Crippen molar-refractivity contribution in [2.24, 2.45) is 16.3 Å². The third-order valence-electron chi connectivity index (χ3n) is 3.76. The first-order valence-corrected chi connectivity index (χ1v) is 7.87. The van der Waals surface area contributed by atoms with Crippen LogP contribution in [0.3, 0.4) is 0 Å². The van der Waals surface area contributed by atoms with Crippen LogP contribution in [0.4, 0.5) is 5.69 Å².